The van der Waals surface area contributed by atoms with Gasteiger partial charge < -0.3 is 10.2 Å². The SMILES string of the molecule is CCCCCNC(=O)c1cncc(N2CCCC2)c1. The average Bonchev–Trinajstić information content (AvgIpc) is 2.98. The van der Waals surface area contributed by atoms with E-state index in [4.69, 9.17) is 0 Å². The quantitative estimate of drug-likeness (QED) is 0.801. The Kier molecular flexibility index (Phi) is 5.19. The van der Waals surface area contributed by atoms with Crippen molar-refractivity contribution in [2.24, 2.45) is 0 Å². The Morgan fingerprint density at radius 3 is 2.84 bits per heavy atom. The summed E-state index contributed by atoms with van der Waals surface area (Å²) in [5.74, 6) is -0.00958. The molecule has 1 amide bonds. The number of rotatable bonds is 6. The van der Waals surface area contributed by atoms with Crippen molar-refractivity contribution < 1.29 is 4.79 Å². The van der Waals surface area contributed by atoms with Crippen molar-refractivity contribution in [1.29, 1.82) is 0 Å². The van der Waals surface area contributed by atoms with Crippen LogP contribution in [0, 0.1) is 0 Å². The molecular weight excluding hydrogens is 238 g/mol. The van der Waals surface area contributed by atoms with Crippen LogP contribution in [0.25, 0.3) is 0 Å². The van der Waals surface area contributed by atoms with Gasteiger partial charge in [0.05, 0.1) is 17.4 Å². The van der Waals surface area contributed by atoms with Crippen LogP contribution in [0.15, 0.2) is 18.5 Å². The molecule has 19 heavy (non-hydrogen) atoms. The van der Waals surface area contributed by atoms with Gasteiger partial charge in [-0.1, -0.05) is 19.8 Å². The summed E-state index contributed by atoms with van der Waals surface area (Å²) in [5, 5.41) is 2.95. The fraction of sp³-hybridized carbons (Fsp3) is 0.600. The van der Waals surface area contributed by atoms with Crippen molar-refractivity contribution in [3.63, 3.8) is 0 Å². The van der Waals surface area contributed by atoms with Crippen LogP contribution in [0.4, 0.5) is 5.69 Å². The molecule has 0 bridgehead atoms. The Morgan fingerprint density at radius 2 is 2.11 bits per heavy atom. The maximum absolute atomic E-state index is 12.0. The molecule has 2 heterocycles. The highest BCUT2D eigenvalue weighted by Crippen LogP contribution is 2.19. The van der Waals surface area contributed by atoms with Crippen molar-refractivity contribution in [1.82, 2.24) is 10.3 Å². The van der Waals surface area contributed by atoms with Crippen LogP contribution in [0.5, 0.6) is 0 Å². The van der Waals surface area contributed by atoms with Crippen LogP contribution in [0.3, 0.4) is 0 Å². The van der Waals surface area contributed by atoms with Gasteiger partial charge in [-0.25, -0.2) is 0 Å². The minimum atomic E-state index is -0.00958. The summed E-state index contributed by atoms with van der Waals surface area (Å²) in [6.45, 7) is 5.05. The molecule has 104 valence electrons. The van der Waals surface area contributed by atoms with E-state index in [9.17, 15) is 4.79 Å². The summed E-state index contributed by atoms with van der Waals surface area (Å²) in [7, 11) is 0. The molecule has 0 spiro atoms. The third-order valence-corrected chi connectivity index (χ3v) is 3.52. The van der Waals surface area contributed by atoms with E-state index in [0.717, 1.165) is 38.2 Å². The molecule has 4 nitrogen and oxygen atoms in total. The normalized spacial score (nSPS) is 14.7. The second-order valence-corrected chi connectivity index (χ2v) is 5.09. The second kappa shape index (κ2) is 7.12. The number of carbonyl (C=O) groups is 1. The van der Waals surface area contributed by atoms with Crippen molar-refractivity contribution in [2.45, 2.75) is 39.0 Å². The molecule has 0 saturated carbocycles. The number of nitrogens with zero attached hydrogens (tertiary/aromatic N) is 2. The zero-order valence-corrected chi connectivity index (χ0v) is 11.7. The number of hydrogen-bond donors (Lipinski definition) is 1. The second-order valence-electron chi connectivity index (χ2n) is 5.09. The Balaban J connectivity index is 1.92. The molecule has 0 radical (unpaired) electrons. The number of aromatic nitrogens is 1. The number of nitrogens with one attached hydrogen (secondary N) is 1. The molecule has 1 saturated heterocycles. The van der Waals surface area contributed by atoms with E-state index >= 15 is 0 Å². The zero-order valence-electron chi connectivity index (χ0n) is 11.7. The van der Waals surface area contributed by atoms with E-state index < -0.39 is 0 Å². The summed E-state index contributed by atoms with van der Waals surface area (Å²) in [6, 6.07) is 1.95. The maximum Gasteiger partial charge on any atom is 0.252 e. The number of amides is 1. The van der Waals surface area contributed by atoms with Gasteiger partial charge in [0.15, 0.2) is 0 Å². The van der Waals surface area contributed by atoms with Crippen LogP contribution in [0.2, 0.25) is 0 Å². The first-order valence-corrected chi connectivity index (χ1v) is 7.29. The van der Waals surface area contributed by atoms with Crippen LogP contribution < -0.4 is 10.2 Å². The fourth-order valence-corrected chi connectivity index (χ4v) is 2.38. The number of unbranched alkanes of at least 4 members (excludes halogenated alkanes) is 2. The summed E-state index contributed by atoms with van der Waals surface area (Å²) in [4.78, 5) is 18.5. The minimum absolute atomic E-state index is 0.00958. The lowest BCUT2D eigenvalue weighted by atomic mass is 10.2. The molecule has 1 N–H and O–H groups in total. The molecule has 1 aliphatic rings. The van der Waals surface area contributed by atoms with Gasteiger partial charge >= 0.3 is 0 Å². The molecule has 1 aromatic rings. The Bertz CT molecular complexity index is 414. The van der Waals surface area contributed by atoms with Crippen molar-refractivity contribution >= 4 is 11.6 Å². The van der Waals surface area contributed by atoms with Crippen molar-refractivity contribution in [3.05, 3.63) is 24.0 Å². The Hall–Kier alpha value is -1.58. The summed E-state index contributed by atoms with van der Waals surface area (Å²) in [6.07, 6.45) is 9.32. The summed E-state index contributed by atoms with van der Waals surface area (Å²) in [5.41, 5.74) is 1.74. The first-order chi connectivity index (χ1) is 9.31. The van der Waals surface area contributed by atoms with Gasteiger partial charge in [0.2, 0.25) is 0 Å². The van der Waals surface area contributed by atoms with Gasteiger partial charge in [-0.05, 0) is 25.3 Å². The van der Waals surface area contributed by atoms with Crippen molar-refractivity contribution in [2.75, 3.05) is 24.5 Å². The van der Waals surface area contributed by atoms with E-state index in [1.165, 1.54) is 19.3 Å². The predicted octanol–water partition coefficient (Wildman–Crippen LogP) is 2.60. The van der Waals surface area contributed by atoms with Gasteiger partial charge in [0.1, 0.15) is 0 Å². The van der Waals surface area contributed by atoms with E-state index in [1.807, 2.05) is 12.3 Å². The number of hydrogen-bond acceptors (Lipinski definition) is 3. The van der Waals surface area contributed by atoms with Gasteiger partial charge in [-0.3, -0.25) is 9.78 Å². The minimum Gasteiger partial charge on any atom is -0.370 e. The van der Waals surface area contributed by atoms with Gasteiger partial charge in [-0.2, -0.15) is 0 Å². The monoisotopic (exact) mass is 261 g/mol. The molecule has 0 atom stereocenters. The molecule has 1 aliphatic heterocycles. The Labute approximate surface area is 115 Å². The first-order valence-electron chi connectivity index (χ1n) is 7.29. The Morgan fingerprint density at radius 1 is 1.32 bits per heavy atom. The molecule has 4 heteroatoms. The maximum atomic E-state index is 12.0. The third kappa shape index (κ3) is 3.94. The largest absolute Gasteiger partial charge is 0.370 e. The van der Waals surface area contributed by atoms with Gasteiger partial charge in [0, 0.05) is 25.8 Å². The highest BCUT2D eigenvalue weighted by Gasteiger charge is 2.14. The van der Waals surface area contributed by atoms with Gasteiger partial charge in [-0.15, -0.1) is 0 Å². The topological polar surface area (TPSA) is 45.2 Å². The number of pyridine rings is 1. The van der Waals surface area contributed by atoms with E-state index in [2.05, 4.69) is 22.1 Å². The zero-order chi connectivity index (χ0) is 13.5. The van der Waals surface area contributed by atoms with E-state index in [0.29, 0.717) is 5.56 Å². The molecule has 0 aliphatic carbocycles. The molecule has 1 aromatic heterocycles. The molecular formula is C15H23N3O. The lowest BCUT2D eigenvalue weighted by molar-refractivity contribution is 0.0952. The molecule has 1 fully saturated rings. The lowest BCUT2D eigenvalue weighted by Gasteiger charge is -2.17. The lowest BCUT2D eigenvalue weighted by Crippen LogP contribution is -2.25. The van der Waals surface area contributed by atoms with Crippen LogP contribution >= 0.6 is 0 Å². The first kappa shape index (κ1) is 13.8. The fourth-order valence-electron chi connectivity index (χ4n) is 2.38. The van der Waals surface area contributed by atoms with Gasteiger partial charge in [0.25, 0.3) is 5.91 Å². The molecule has 0 unspecified atom stereocenters. The van der Waals surface area contributed by atoms with Crippen LogP contribution in [-0.2, 0) is 0 Å². The van der Waals surface area contributed by atoms with E-state index in [1.54, 1.807) is 6.20 Å². The van der Waals surface area contributed by atoms with Crippen LogP contribution in [-0.4, -0.2) is 30.5 Å². The number of carbonyl (C=O) groups excluding carboxylic acids is 1. The highest BCUT2D eigenvalue weighted by atomic mass is 16.1. The standard InChI is InChI=1S/C15H23N3O/c1-2-3-4-7-17-15(19)13-10-14(12-16-11-13)18-8-5-6-9-18/h10-12H,2-9H2,1H3,(H,17,19). The molecule has 0 aromatic carbocycles. The molecule has 2 rings (SSSR count). The van der Waals surface area contributed by atoms with Crippen molar-refractivity contribution in [3.8, 4) is 0 Å². The summed E-state index contributed by atoms with van der Waals surface area (Å²) < 4.78 is 0. The predicted molar refractivity (Wildman–Crippen MR) is 77.5 cm³/mol. The smallest absolute Gasteiger partial charge is 0.252 e. The average molecular weight is 261 g/mol. The third-order valence-electron chi connectivity index (χ3n) is 3.52. The summed E-state index contributed by atoms with van der Waals surface area (Å²) >= 11 is 0. The highest BCUT2D eigenvalue weighted by molar-refractivity contribution is 5.94. The van der Waals surface area contributed by atoms with Crippen LogP contribution in [0.1, 0.15) is 49.4 Å². The van der Waals surface area contributed by atoms with E-state index in [-0.39, 0.29) is 5.91 Å². The number of anilines is 1.